The fourth-order valence-electron chi connectivity index (χ4n) is 11.9. The average molecular weight is 943 g/mol. The first kappa shape index (κ1) is 43.3. The molecular weight excluding hydrogens is 893 g/mol. The van der Waals surface area contributed by atoms with Crippen molar-refractivity contribution in [3.8, 4) is 39.1 Å². The maximum absolute atomic E-state index is 2.57. The minimum atomic E-state index is -0.0744. The van der Waals surface area contributed by atoms with Crippen LogP contribution in [-0.4, -0.2) is 10.6 Å². The van der Waals surface area contributed by atoms with Gasteiger partial charge in [0.05, 0.1) is 22.8 Å². The Balaban J connectivity index is 0.901. The molecular formula is C72H50N2. The van der Waals surface area contributed by atoms with Crippen LogP contribution in [0.1, 0.15) is 17.0 Å². The van der Waals surface area contributed by atoms with Crippen molar-refractivity contribution in [3.63, 3.8) is 0 Å². The molecule has 0 saturated carbocycles. The van der Waals surface area contributed by atoms with E-state index in [1.807, 2.05) is 0 Å². The van der Waals surface area contributed by atoms with Gasteiger partial charge in [-0.25, -0.2) is 0 Å². The number of aromatic nitrogens is 1. The van der Waals surface area contributed by atoms with E-state index in [4.69, 9.17) is 0 Å². The average Bonchev–Trinajstić information content (AvgIpc) is 3.83. The zero-order chi connectivity index (χ0) is 49.0. The van der Waals surface area contributed by atoms with Crippen molar-refractivity contribution in [2.24, 2.45) is 0 Å². The smallest absolute Gasteiger partial charge is 0.0634 e. The van der Waals surface area contributed by atoms with E-state index in [2.05, 4.69) is 301 Å². The number of benzene rings is 12. The van der Waals surface area contributed by atoms with Crippen molar-refractivity contribution in [3.05, 3.63) is 302 Å². The molecule has 1 aromatic heterocycles. The zero-order valence-corrected chi connectivity index (χ0v) is 40.8. The summed E-state index contributed by atoms with van der Waals surface area (Å²) in [5.74, 6) is 0.0627. The van der Waals surface area contributed by atoms with Crippen LogP contribution in [0.4, 0.5) is 11.4 Å². The summed E-state index contributed by atoms with van der Waals surface area (Å²) >= 11 is 0. The minimum Gasteiger partial charge on any atom is -0.334 e. The summed E-state index contributed by atoms with van der Waals surface area (Å²) in [4.78, 5) is 2.57. The fourth-order valence-corrected chi connectivity index (χ4v) is 11.9. The molecule has 2 heteroatoms. The Morgan fingerprint density at radius 2 is 0.797 bits per heavy atom. The molecule has 1 aliphatic rings. The highest BCUT2D eigenvalue weighted by Crippen LogP contribution is 2.44. The lowest BCUT2D eigenvalue weighted by Crippen LogP contribution is -2.35. The second-order valence-electron chi connectivity index (χ2n) is 19.6. The quantitative estimate of drug-likeness (QED) is 0.131. The fraction of sp³-hybridized carbons (Fsp3) is 0.0278. The van der Waals surface area contributed by atoms with Crippen molar-refractivity contribution in [1.82, 2.24) is 4.57 Å². The molecule has 348 valence electrons. The SMILES string of the molecule is C1=CC(c2ccccc2)C(N(c2ccc(-c3ccc(-c4cccc5ccccc45)cc3)cc2)c2ccc(-c3ccccc3-n3c4ccccc4c4ccccc43)cc2)C=C1c1cccc2c1ccc1ccccc12. The van der Waals surface area contributed by atoms with Gasteiger partial charge in [0.1, 0.15) is 0 Å². The number of para-hydroxylation sites is 3. The van der Waals surface area contributed by atoms with Crippen LogP contribution in [0.25, 0.3) is 98.8 Å². The molecule has 0 amide bonds. The van der Waals surface area contributed by atoms with Gasteiger partial charge in [-0.1, -0.05) is 249 Å². The number of fused-ring (bicyclic) bond motifs is 7. The summed E-state index contributed by atoms with van der Waals surface area (Å²) < 4.78 is 2.43. The van der Waals surface area contributed by atoms with Crippen LogP contribution < -0.4 is 4.90 Å². The van der Waals surface area contributed by atoms with Crippen LogP contribution in [0.3, 0.4) is 0 Å². The predicted molar refractivity (Wildman–Crippen MR) is 315 cm³/mol. The van der Waals surface area contributed by atoms with Crippen molar-refractivity contribution < 1.29 is 0 Å². The van der Waals surface area contributed by atoms with Gasteiger partial charge in [0.15, 0.2) is 0 Å². The van der Waals surface area contributed by atoms with Gasteiger partial charge in [-0.2, -0.15) is 0 Å². The molecule has 1 aliphatic carbocycles. The van der Waals surface area contributed by atoms with Gasteiger partial charge in [0.2, 0.25) is 0 Å². The molecule has 0 fully saturated rings. The second kappa shape index (κ2) is 18.3. The van der Waals surface area contributed by atoms with Gasteiger partial charge in [-0.3, -0.25) is 0 Å². The number of anilines is 2. The predicted octanol–water partition coefficient (Wildman–Crippen LogP) is 19.2. The molecule has 0 radical (unpaired) electrons. The molecule has 2 atom stereocenters. The number of nitrogens with zero attached hydrogens (tertiary/aromatic N) is 2. The molecule has 74 heavy (non-hydrogen) atoms. The first-order chi connectivity index (χ1) is 36.7. The summed E-state index contributed by atoms with van der Waals surface area (Å²) in [6.45, 7) is 0. The third-order valence-corrected chi connectivity index (χ3v) is 15.4. The van der Waals surface area contributed by atoms with E-state index in [1.54, 1.807) is 0 Å². The summed E-state index contributed by atoms with van der Waals surface area (Å²) in [6.07, 6.45) is 7.31. The van der Waals surface area contributed by atoms with Crippen molar-refractivity contribution in [2.45, 2.75) is 12.0 Å². The number of hydrogen-bond donors (Lipinski definition) is 0. The summed E-state index contributed by atoms with van der Waals surface area (Å²) in [6, 6.07) is 100. The largest absolute Gasteiger partial charge is 0.334 e. The monoisotopic (exact) mass is 942 g/mol. The molecule has 14 rings (SSSR count). The van der Waals surface area contributed by atoms with Crippen molar-refractivity contribution in [2.75, 3.05) is 4.90 Å². The third-order valence-electron chi connectivity index (χ3n) is 15.4. The van der Waals surface area contributed by atoms with Crippen LogP contribution in [0.15, 0.2) is 291 Å². The number of rotatable bonds is 9. The van der Waals surface area contributed by atoms with Crippen molar-refractivity contribution in [1.29, 1.82) is 0 Å². The Morgan fingerprint density at radius 1 is 0.311 bits per heavy atom. The summed E-state index contributed by atoms with van der Waals surface area (Å²) in [7, 11) is 0. The lowest BCUT2D eigenvalue weighted by atomic mass is 9.82. The van der Waals surface area contributed by atoms with Gasteiger partial charge in [0.25, 0.3) is 0 Å². The van der Waals surface area contributed by atoms with Crippen molar-refractivity contribution >= 4 is 71.1 Å². The molecule has 0 aliphatic heterocycles. The van der Waals surface area contributed by atoms with Gasteiger partial charge >= 0.3 is 0 Å². The molecule has 12 aromatic carbocycles. The van der Waals surface area contributed by atoms with Crippen LogP contribution >= 0.6 is 0 Å². The highest BCUT2D eigenvalue weighted by molar-refractivity contribution is 6.12. The Bertz CT molecular complexity index is 4230. The third kappa shape index (κ3) is 7.50. The van der Waals surface area contributed by atoms with Gasteiger partial charge < -0.3 is 9.47 Å². The molecule has 2 unspecified atom stereocenters. The molecule has 13 aromatic rings. The van der Waals surface area contributed by atoms with Crippen LogP contribution in [0, 0.1) is 0 Å². The maximum atomic E-state index is 2.57. The molecule has 0 saturated heterocycles. The van der Waals surface area contributed by atoms with Gasteiger partial charge in [-0.05, 0) is 119 Å². The first-order valence-corrected chi connectivity index (χ1v) is 25.7. The number of hydrogen-bond acceptors (Lipinski definition) is 1. The topological polar surface area (TPSA) is 8.17 Å². The lowest BCUT2D eigenvalue weighted by molar-refractivity contribution is 0.692. The molecule has 0 spiro atoms. The van der Waals surface area contributed by atoms with E-state index in [-0.39, 0.29) is 12.0 Å². The normalized spacial score (nSPS) is 14.5. The van der Waals surface area contributed by atoms with Gasteiger partial charge in [0, 0.05) is 33.6 Å². The van der Waals surface area contributed by atoms with Crippen LogP contribution in [0.5, 0.6) is 0 Å². The molecule has 0 N–H and O–H groups in total. The van der Waals surface area contributed by atoms with Crippen LogP contribution in [-0.2, 0) is 0 Å². The lowest BCUT2D eigenvalue weighted by Gasteiger charge is -2.39. The van der Waals surface area contributed by atoms with E-state index in [9.17, 15) is 0 Å². The summed E-state index contributed by atoms with van der Waals surface area (Å²) in [5, 5.41) is 10.1. The highest BCUT2D eigenvalue weighted by atomic mass is 15.2. The standard InChI is InChI=1S/C72H50N2/c1-2-16-52(17-3-1)64-46-41-56(62-27-15-28-65-61-22-7-5-19-53(61)40-47-66(62)65)48-72(64)73(57-42-36-50(37-43-57)49-32-34-54(35-33-49)60-26-14-20-51-18-4-6-21-59(51)60)58-44-38-55(39-45-58)63-23-8-11-29-69(63)74-70-30-12-9-24-67(70)68-25-10-13-31-71(68)74/h1-48,64,72H. The Morgan fingerprint density at radius 3 is 1.51 bits per heavy atom. The Labute approximate surface area is 431 Å². The molecule has 1 heterocycles. The Kier molecular flexibility index (Phi) is 10.7. The van der Waals surface area contributed by atoms with E-state index in [1.165, 1.54) is 98.6 Å². The van der Waals surface area contributed by atoms with Gasteiger partial charge in [-0.15, -0.1) is 0 Å². The molecule has 2 nitrogen and oxygen atoms in total. The Hall–Kier alpha value is -9.50. The first-order valence-electron chi connectivity index (χ1n) is 25.7. The zero-order valence-electron chi connectivity index (χ0n) is 40.8. The van der Waals surface area contributed by atoms with Crippen LogP contribution in [0.2, 0.25) is 0 Å². The highest BCUT2D eigenvalue weighted by Gasteiger charge is 2.31. The maximum Gasteiger partial charge on any atom is 0.0634 e. The van der Waals surface area contributed by atoms with E-state index in [0.717, 1.165) is 22.6 Å². The minimum absolute atomic E-state index is 0.0627. The number of allylic oxidation sites excluding steroid dienone is 2. The van der Waals surface area contributed by atoms with E-state index in [0.29, 0.717) is 0 Å². The second-order valence-corrected chi connectivity index (χ2v) is 19.6. The van der Waals surface area contributed by atoms with E-state index < -0.39 is 0 Å². The molecule has 0 bridgehead atoms. The summed E-state index contributed by atoms with van der Waals surface area (Å²) in [5.41, 5.74) is 16.7. The van der Waals surface area contributed by atoms with E-state index >= 15 is 0 Å².